The fraction of sp³-hybridized carbons (Fsp3) is 0.727. The minimum absolute atomic E-state index is 0.119. The van der Waals surface area contributed by atoms with E-state index >= 15 is 0 Å². The highest BCUT2D eigenvalue weighted by Crippen LogP contribution is 2.09. The standard InChI is InChI=1S/C11H21N5O3/c1-4-12-7-10-14-15-11(19-10)16(2)8-9(17)13-5-6-18-3/h12H,4-8H2,1-3H3,(H,13,17). The van der Waals surface area contributed by atoms with E-state index in [2.05, 4.69) is 20.8 Å². The summed E-state index contributed by atoms with van der Waals surface area (Å²) in [4.78, 5) is 13.2. The number of aromatic nitrogens is 2. The van der Waals surface area contributed by atoms with E-state index in [1.807, 2.05) is 6.92 Å². The number of likely N-dealkylation sites (N-methyl/N-ethyl adjacent to an activating group) is 1. The quantitative estimate of drug-likeness (QED) is 0.578. The zero-order valence-corrected chi connectivity index (χ0v) is 11.6. The second kappa shape index (κ2) is 8.44. The lowest BCUT2D eigenvalue weighted by molar-refractivity contribution is -0.119. The van der Waals surface area contributed by atoms with Crippen molar-refractivity contribution >= 4 is 11.9 Å². The topological polar surface area (TPSA) is 92.5 Å². The number of ether oxygens (including phenoxy) is 1. The van der Waals surface area contributed by atoms with Crippen molar-refractivity contribution in [2.75, 3.05) is 45.3 Å². The molecule has 0 spiro atoms. The summed E-state index contributed by atoms with van der Waals surface area (Å²) in [6.45, 7) is 4.48. The Morgan fingerprint density at radius 2 is 2.26 bits per heavy atom. The van der Waals surface area contributed by atoms with Crippen molar-refractivity contribution in [3.8, 4) is 0 Å². The van der Waals surface area contributed by atoms with Gasteiger partial charge in [-0.25, -0.2) is 0 Å². The number of carbonyl (C=O) groups excluding carboxylic acids is 1. The van der Waals surface area contributed by atoms with Crippen molar-refractivity contribution in [3.63, 3.8) is 0 Å². The predicted molar refractivity (Wildman–Crippen MR) is 69.8 cm³/mol. The first-order chi connectivity index (χ1) is 9.17. The van der Waals surface area contributed by atoms with Crippen LogP contribution in [0.15, 0.2) is 4.42 Å². The Morgan fingerprint density at radius 1 is 1.47 bits per heavy atom. The average molecular weight is 271 g/mol. The van der Waals surface area contributed by atoms with Gasteiger partial charge in [0.1, 0.15) is 6.54 Å². The molecule has 0 aliphatic carbocycles. The molecule has 2 N–H and O–H groups in total. The van der Waals surface area contributed by atoms with E-state index in [1.165, 1.54) is 0 Å². The Hall–Kier alpha value is -1.67. The molecular formula is C11H21N5O3. The van der Waals surface area contributed by atoms with E-state index in [0.29, 0.717) is 31.6 Å². The number of carbonyl (C=O) groups is 1. The van der Waals surface area contributed by atoms with E-state index in [1.54, 1.807) is 19.1 Å². The summed E-state index contributed by atoms with van der Waals surface area (Å²) in [5.41, 5.74) is 0. The van der Waals surface area contributed by atoms with Crippen LogP contribution in [-0.2, 0) is 16.1 Å². The molecule has 108 valence electrons. The maximum atomic E-state index is 11.6. The summed E-state index contributed by atoms with van der Waals surface area (Å²) in [5, 5.41) is 13.6. The number of nitrogens with one attached hydrogen (secondary N) is 2. The van der Waals surface area contributed by atoms with Crippen molar-refractivity contribution in [2.24, 2.45) is 0 Å². The highest BCUT2D eigenvalue weighted by atomic mass is 16.5. The molecule has 1 heterocycles. The van der Waals surface area contributed by atoms with E-state index in [4.69, 9.17) is 9.15 Å². The number of methoxy groups -OCH3 is 1. The third kappa shape index (κ3) is 5.66. The summed E-state index contributed by atoms with van der Waals surface area (Å²) in [5.74, 6) is 0.384. The van der Waals surface area contributed by atoms with Gasteiger partial charge in [-0.05, 0) is 6.54 Å². The molecule has 1 amide bonds. The SMILES string of the molecule is CCNCc1nnc(N(C)CC(=O)NCCOC)o1. The molecule has 0 unspecified atom stereocenters. The lowest BCUT2D eigenvalue weighted by Gasteiger charge is -2.13. The van der Waals surface area contributed by atoms with Crippen LogP contribution >= 0.6 is 0 Å². The van der Waals surface area contributed by atoms with Gasteiger partial charge in [0.05, 0.1) is 13.2 Å². The number of hydrogen-bond acceptors (Lipinski definition) is 7. The van der Waals surface area contributed by atoms with Crippen LogP contribution in [0.3, 0.4) is 0 Å². The predicted octanol–water partition coefficient (Wildman–Crippen LogP) is -0.622. The molecule has 1 aromatic heterocycles. The number of rotatable bonds is 9. The van der Waals surface area contributed by atoms with Crippen molar-refractivity contribution in [3.05, 3.63) is 5.89 Å². The summed E-state index contributed by atoms with van der Waals surface area (Å²) < 4.78 is 10.3. The summed E-state index contributed by atoms with van der Waals surface area (Å²) in [6, 6.07) is 0.329. The summed E-state index contributed by atoms with van der Waals surface area (Å²) >= 11 is 0. The van der Waals surface area contributed by atoms with E-state index in [-0.39, 0.29) is 12.5 Å². The zero-order chi connectivity index (χ0) is 14.1. The molecule has 0 aliphatic rings. The molecule has 8 nitrogen and oxygen atoms in total. The van der Waals surface area contributed by atoms with Gasteiger partial charge in [0, 0.05) is 20.7 Å². The fourth-order valence-corrected chi connectivity index (χ4v) is 1.33. The normalized spacial score (nSPS) is 10.5. The average Bonchev–Trinajstić information content (AvgIpc) is 2.85. The van der Waals surface area contributed by atoms with Crippen LogP contribution in [0.25, 0.3) is 0 Å². The molecule has 0 aliphatic heterocycles. The highest BCUT2D eigenvalue weighted by Gasteiger charge is 2.13. The lowest BCUT2D eigenvalue weighted by atomic mass is 10.5. The van der Waals surface area contributed by atoms with Gasteiger partial charge in [0.2, 0.25) is 11.8 Å². The first kappa shape index (κ1) is 15.4. The third-order valence-corrected chi connectivity index (χ3v) is 2.32. The molecular weight excluding hydrogens is 250 g/mol. The molecule has 0 atom stereocenters. The monoisotopic (exact) mass is 271 g/mol. The van der Waals surface area contributed by atoms with Gasteiger partial charge < -0.3 is 24.7 Å². The van der Waals surface area contributed by atoms with Crippen LogP contribution in [0.1, 0.15) is 12.8 Å². The molecule has 8 heteroatoms. The molecule has 1 aromatic rings. The van der Waals surface area contributed by atoms with Crippen LogP contribution in [0, 0.1) is 0 Å². The van der Waals surface area contributed by atoms with Crippen LogP contribution in [0.5, 0.6) is 0 Å². The lowest BCUT2D eigenvalue weighted by Crippen LogP contribution is -2.36. The molecule has 1 rings (SSSR count). The molecule has 0 saturated carbocycles. The van der Waals surface area contributed by atoms with Crippen molar-refractivity contribution in [2.45, 2.75) is 13.5 Å². The van der Waals surface area contributed by atoms with Crippen molar-refractivity contribution < 1.29 is 13.9 Å². The molecule has 19 heavy (non-hydrogen) atoms. The van der Waals surface area contributed by atoms with Gasteiger partial charge in [-0.1, -0.05) is 12.0 Å². The number of anilines is 1. The van der Waals surface area contributed by atoms with Gasteiger partial charge in [-0.3, -0.25) is 4.79 Å². The highest BCUT2D eigenvalue weighted by molar-refractivity contribution is 5.80. The Kier molecular flexibility index (Phi) is 6.83. The zero-order valence-electron chi connectivity index (χ0n) is 11.6. The van der Waals surface area contributed by atoms with E-state index in [9.17, 15) is 4.79 Å². The minimum Gasteiger partial charge on any atom is -0.407 e. The van der Waals surface area contributed by atoms with Gasteiger partial charge in [0.25, 0.3) is 0 Å². The second-order valence-electron chi connectivity index (χ2n) is 3.96. The second-order valence-corrected chi connectivity index (χ2v) is 3.96. The smallest absolute Gasteiger partial charge is 0.318 e. The van der Waals surface area contributed by atoms with Gasteiger partial charge in [-0.2, -0.15) is 0 Å². The van der Waals surface area contributed by atoms with Crippen LogP contribution in [0.4, 0.5) is 6.01 Å². The Balaban J connectivity index is 2.37. The van der Waals surface area contributed by atoms with Crippen LogP contribution in [0.2, 0.25) is 0 Å². The maximum absolute atomic E-state index is 11.6. The van der Waals surface area contributed by atoms with Crippen LogP contribution in [-0.4, -0.2) is 56.5 Å². The first-order valence-corrected chi connectivity index (χ1v) is 6.17. The summed E-state index contributed by atoms with van der Waals surface area (Å²) in [7, 11) is 3.31. The molecule has 0 radical (unpaired) electrons. The molecule has 0 bridgehead atoms. The van der Waals surface area contributed by atoms with E-state index in [0.717, 1.165) is 6.54 Å². The molecule has 0 aromatic carbocycles. The number of amides is 1. The Labute approximate surface area is 112 Å². The van der Waals surface area contributed by atoms with Crippen molar-refractivity contribution in [1.29, 1.82) is 0 Å². The van der Waals surface area contributed by atoms with Gasteiger partial charge in [-0.15, -0.1) is 5.10 Å². The van der Waals surface area contributed by atoms with Crippen molar-refractivity contribution in [1.82, 2.24) is 20.8 Å². The first-order valence-electron chi connectivity index (χ1n) is 6.17. The van der Waals surface area contributed by atoms with Gasteiger partial charge >= 0.3 is 6.01 Å². The Bertz CT molecular complexity index is 382. The number of hydrogen-bond donors (Lipinski definition) is 2. The van der Waals surface area contributed by atoms with E-state index < -0.39 is 0 Å². The fourth-order valence-electron chi connectivity index (χ4n) is 1.33. The minimum atomic E-state index is -0.119. The number of nitrogens with zero attached hydrogens (tertiary/aromatic N) is 3. The molecule has 0 saturated heterocycles. The summed E-state index contributed by atoms with van der Waals surface area (Å²) in [6.07, 6.45) is 0. The molecule has 0 fully saturated rings. The van der Waals surface area contributed by atoms with Crippen LogP contribution < -0.4 is 15.5 Å². The third-order valence-electron chi connectivity index (χ3n) is 2.32. The Morgan fingerprint density at radius 3 is 2.95 bits per heavy atom. The maximum Gasteiger partial charge on any atom is 0.318 e. The largest absolute Gasteiger partial charge is 0.407 e. The van der Waals surface area contributed by atoms with Gasteiger partial charge in [0.15, 0.2) is 0 Å².